The number of halogens is 1. The van der Waals surface area contributed by atoms with Crippen molar-refractivity contribution in [3.8, 4) is 5.75 Å². The fraction of sp³-hybridized carbons (Fsp3) is 0.0952. The minimum Gasteiger partial charge on any atom is -0.484 e. The molecule has 0 atom stereocenters. The number of anilines is 2. The van der Waals surface area contributed by atoms with E-state index < -0.39 is 27.5 Å². The van der Waals surface area contributed by atoms with Crippen molar-refractivity contribution in [1.29, 1.82) is 0 Å². The zero-order valence-electron chi connectivity index (χ0n) is 16.7. The van der Waals surface area contributed by atoms with E-state index in [1.165, 1.54) is 42.5 Å². The summed E-state index contributed by atoms with van der Waals surface area (Å²) in [6.07, 6.45) is 0. The Morgan fingerprint density at radius 2 is 1.75 bits per heavy atom. The van der Waals surface area contributed by atoms with Crippen molar-refractivity contribution >= 4 is 44.6 Å². The van der Waals surface area contributed by atoms with Gasteiger partial charge in [-0.2, -0.15) is 0 Å². The molecule has 0 fully saturated rings. The summed E-state index contributed by atoms with van der Waals surface area (Å²) >= 11 is 5.82. The molecule has 0 spiro atoms. The predicted molar refractivity (Wildman–Crippen MR) is 121 cm³/mol. The van der Waals surface area contributed by atoms with Gasteiger partial charge < -0.3 is 10.1 Å². The van der Waals surface area contributed by atoms with E-state index in [0.29, 0.717) is 16.3 Å². The van der Waals surface area contributed by atoms with Crippen LogP contribution in [0, 0.1) is 17.0 Å². The summed E-state index contributed by atoms with van der Waals surface area (Å²) in [7, 11) is -3.92. The van der Waals surface area contributed by atoms with Crippen molar-refractivity contribution in [3.05, 3.63) is 87.4 Å². The van der Waals surface area contributed by atoms with Crippen LogP contribution in [0.25, 0.3) is 0 Å². The smallest absolute Gasteiger partial charge is 0.273 e. The molecule has 2 N–H and O–H groups in total. The highest BCUT2D eigenvalue weighted by molar-refractivity contribution is 7.92. The van der Waals surface area contributed by atoms with Gasteiger partial charge in [0.15, 0.2) is 6.61 Å². The second kappa shape index (κ2) is 9.67. The topological polar surface area (TPSA) is 128 Å². The maximum atomic E-state index is 12.8. The summed E-state index contributed by atoms with van der Waals surface area (Å²) in [5.74, 6) is -0.400. The van der Waals surface area contributed by atoms with Gasteiger partial charge in [0.05, 0.1) is 15.9 Å². The van der Waals surface area contributed by atoms with Gasteiger partial charge in [-0.25, -0.2) is 8.42 Å². The molecule has 11 heteroatoms. The van der Waals surface area contributed by atoms with Gasteiger partial charge in [-0.1, -0.05) is 23.7 Å². The van der Waals surface area contributed by atoms with Gasteiger partial charge in [0, 0.05) is 22.5 Å². The van der Waals surface area contributed by atoms with Gasteiger partial charge in [0.1, 0.15) is 5.75 Å². The number of amides is 1. The number of benzene rings is 3. The number of non-ortho nitro benzene ring substituents is 1. The molecule has 0 saturated carbocycles. The second-order valence-electron chi connectivity index (χ2n) is 6.68. The van der Waals surface area contributed by atoms with E-state index in [1.54, 1.807) is 31.2 Å². The van der Waals surface area contributed by atoms with E-state index in [0.717, 1.165) is 0 Å². The lowest BCUT2D eigenvalue weighted by Crippen LogP contribution is -2.21. The van der Waals surface area contributed by atoms with Crippen molar-refractivity contribution in [1.82, 2.24) is 0 Å². The molecule has 0 saturated heterocycles. The molecule has 0 aromatic heterocycles. The maximum absolute atomic E-state index is 12.8. The maximum Gasteiger partial charge on any atom is 0.273 e. The molecule has 0 bridgehead atoms. The minimum absolute atomic E-state index is 0.00940. The molecule has 32 heavy (non-hydrogen) atoms. The van der Waals surface area contributed by atoms with Gasteiger partial charge in [0.2, 0.25) is 0 Å². The largest absolute Gasteiger partial charge is 0.484 e. The van der Waals surface area contributed by atoms with Gasteiger partial charge in [-0.15, -0.1) is 0 Å². The Kier molecular flexibility index (Phi) is 6.96. The van der Waals surface area contributed by atoms with Crippen LogP contribution in [0.3, 0.4) is 0 Å². The third-order valence-electron chi connectivity index (χ3n) is 4.26. The van der Waals surface area contributed by atoms with Crippen LogP contribution in [0.2, 0.25) is 5.02 Å². The lowest BCUT2D eigenvalue weighted by Gasteiger charge is -2.13. The number of nitrogens with one attached hydrogen (secondary N) is 2. The highest BCUT2D eigenvalue weighted by atomic mass is 35.5. The monoisotopic (exact) mass is 475 g/mol. The van der Waals surface area contributed by atoms with Crippen LogP contribution in [0.4, 0.5) is 17.1 Å². The molecule has 0 aliphatic carbocycles. The van der Waals surface area contributed by atoms with E-state index in [2.05, 4.69) is 10.0 Å². The highest BCUT2D eigenvalue weighted by Crippen LogP contribution is 2.24. The van der Waals surface area contributed by atoms with Gasteiger partial charge in [0.25, 0.3) is 21.6 Å². The fourth-order valence-corrected chi connectivity index (χ4v) is 4.18. The number of nitro benzene ring substituents is 1. The molecule has 0 unspecified atom stereocenters. The summed E-state index contributed by atoms with van der Waals surface area (Å²) in [5.41, 5.74) is 0.912. The van der Waals surface area contributed by atoms with Crippen LogP contribution in [0.5, 0.6) is 5.75 Å². The Morgan fingerprint density at radius 3 is 2.44 bits per heavy atom. The summed E-state index contributed by atoms with van der Waals surface area (Å²) in [5, 5.41) is 13.8. The minimum atomic E-state index is -3.92. The summed E-state index contributed by atoms with van der Waals surface area (Å²) < 4.78 is 33.4. The predicted octanol–water partition coefficient (Wildman–Crippen LogP) is 4.37. The first kappa shape index (κ1) is 23.0. The van der Waals surface area contributed by atoms with Crippen molar-refractivity contribution in [3.63, 3.8) is 0 Å². The second-order valence-corrected chi connectivity index (χ2v) is 8.77. The van der Waals surface area contributed by atoms with E-state index >= 15 is 0 Å². The number of nitro groups is 1. The summed E-state index contributed by atoms with van der Waals surface area (Å²) in [6.45, 7) is 1.22. The molecular weight excluding hydrogens is 458 g/mol. The Balaban J connectivity index is 1.69. The van der Waals surface area contributed by atoms with Crippen molar-refractivity contribution in [2.45, 2.75) is 11.8 Å². The van der Waals surface area contributed by atoms with Gasteiger partial charge in [-0.3, -0.25) is 19.6 Å². The van der Waals surface area contributed by atoms with Crippen molar-refractivity contribution in [2.75, 3.05) is 16.6 Å². The molecular formula is C21H18ClN3O6S. The molecule has 166 valence electrons. The molecule has 0 aliphatic rings. The Bertz CT molecular complexity index is 1260. The van der Waals surface area contributed by atoms with Crippen LogP contribution in [-0.2, 0) is 14.8 Å². The van der Waals surface area contributed by atoms with E-state index in [9.17, 15) is 23.3 Å². The Morgan fingerprint density at radius 1 is 1.06 bits per heavy atom. The first-order valence-electron chi connectivity index (χ1n) is 9.20. The standard InChI is InChI=1S/C21H18ClN3O6S/c1-14-5-8-17(11-20(14)32(29,30)24-16-9-6-15(22)7-10-16)23-21(26)13-31-19-4-2-3-18(12-19)25(27)28/h2-12,24H,13H2,1H3,(H,23,26). The number of carbonyl (C=O) groups excluding carboxylic acids is 1. The van der Waals surface area contributed by atoms with Crippen LogP contribution >= 0.6 is 11.6 Å². The SMILES string of the molecule is Cc1ccc(NC(=O)COc2cccc([N+](=O)[O-])c2)cc1S(=O)(=O)Nc1ccc(Cl)cc1. The average molecular weight is 476 g/mol. The Hall–Kier alpha value is -3.63. The van der Waals surface area contributed by atoms with Crippen LogP contribution in [-0.4, -0.2) is 25.9 Å². The fourth-order valence-electron chi connectivity index (χ4n) is 2.73. The number of hydrogen-bond donors (Lipinski definition) is 2. The van der Waals surface area contributed by atoms with Crippen LogP contribution in [0.15, 0.2) is 71.6 Å². The third-order valence-corrected chi connectivity index (χ3v) is 6.03. The van der Waals surface area contributed by atoms with Crippen LogP contribution < -0.4 is 14.8 Å². The summed E-state index contributed by atoms with van der Waals surface area (Å²) in [6, 6.07) is 16.1. The zero-order valence-corrected chi connectivity index (χ0v) is 18.3. The first-order chi connectivity index (χ1) is 15.1. The van der Waals surface area contributed by atoms with E-state index in [-0.39, 0.29) is 22.0 Å². The van der Waals surface area contributed by atoms with Crippen molar-refractivity contribution < 1.29 is 22.9 Å². The average Bonchev–Trinajstić information content (AvgIpc) is 2.75. The molecule has 9 nitrogen and oxygen atoms in total. The molecule has 3 aromatic rings. The number of aryl methyl sites for hydroxylation is 1. The number of rotatable bonds is 8. The van der Waals surface area contributed by atoms with E-state index in [1.807, 2.05) is 0 Å². The molecule has 0 heterocycles. The quantitative estimate of drug-likeness (QED) is 0.367. The molecule has 3 rings (SSSR count). The summed E-state index contributed by atoms with van der Waals surface area (Å²) in [4.78, 5) is 22.5. The van der Waals surface area contributed by atoms with Gasteiger partial charge >= 0.3 is 0 Å². The first-order valence-corrected chi connectivity index (χ1v) is 11.1. The number of carbonyl (C=O) groups is 1. The molecule has 0 radical (unpaired) electrons. The highest BCUT2D eigenvalue weighted by Gasteiger charge is 2.18. The molecule has 3 aromatic carbocycles. The van der Waals surface area contributed by atoms with Crippen molar-refractivity contribution in [2.24, 2.45) is 0 Å². The number of nitrogens with zero attached hydrogens (tertiary/aromatic N) is 1. The van der Waals surface area contributed by atoms with Crippen LogP contribution in [0.1, 0.15) is 5.56 Å². The third kappa shape index (κ3) is 5.96. The molecule has 1 amide bonds. The number of hydrogen-bond acceptors (Lipinski definition) is 6. The zero-order chi connectivity index (χ0) is 23.3. The lowest BCUT2D eigenvalue weighted by atomic mass is 10.2. The number of ether oxygens (including phenoxy) is 1. The number of sulfonamides is 1. The lowest BCUT2D eigenvalue weighted by molar-refractivity contribution is -0.384. The van der Waals surface area contributed by atoms with E-state index in [4.69, 9.17) is 16.3 Å². The normalized spacial score (nSPS) is 10.9. The Labute approximate surface area is 189 Å². The molecule has 0 aliphatic heterocycles. The van der Waals surface area contributed by atoms with Gasteiger partial charge in [-0.05, 0) is 55.0 Å².